The summed E-state index contributed by atoms with van der Waals surface area (Å²) in [6.45, 7) is 7.41. The normalized spacial score (nSPS) is 22.0. The van der Waals surface area contributed by atoms with Crippen LogP contribution in [0.25, 0.3) is 10.9 Å². The van der Waals surface area contributed by atoms with Crippen LogP contribution in [0.3, 0.4) is 0 Å². The van der Waals surface area contributed by atoms with E-state index < -0.39 is 72.7 Å². The zero-order chi connectivity index (χ0) is 52.2. The maximum atomic E-state index is 13.0. The molecule has 2 aromatic rings. The molecule has 1 aromatic heterocycles. The number of carbonyl (C=O) groups excluding carboxylic acids is 7. The molecule has 3 aliphatic rings. The molecule has 1 aliphatic heterocycles. The largest absolute Gasteiger partial charge is 0.489 e. The number of methoxy groups -OCH3 is 1. The maximum absolute atomic E-state index is 13.0. The van der Waals surface area contributed by atoms with Gasteiger partial charge in [-0.2, -0.15) is 0 Å². The van der Waals surface area contributed by atoms with Crippen LogP contribution >= 0.6 is 31.9 Å². The molecule has 25 heteroatoms. The van der Waals surface area contributed by atoms with Gasteiger partial charge in [0.05, 0.1) is 92.6 Å². The Morgan fingerprint density at radius 1 is 0.694 bits per heavy atom. The Morgan fingerprint density at radius 2 is 1.22 bits per heavy atom. The summed E-state index contributed by atoms with van der Waals surface area (Å²) >= 11 is 7.06. The Hall–Kier alpha value is -5.23. The van der Waals surface area contributed by atoms with Crippen LogP contribution in [0, 0.1) is 29.6 Å². The van der Waals surface area contributed by atoms with E-state index in [2.05, 4.69) is 54.3 Å². The number of nitrogens with zero attached hydrogens (tertiary/aromatic N) is 1. The van der Waals surface area contributed by atoms with E-state index in [0.29, 0.717) is 70.6 Å². The number of hydrogen-bond donors (Lipinski definition) is 2. The van der Waals surface area contributed by atoms with Gasteiger partial charge in [0.1, 0.15) is 24.7 Å². The molecule has 2 aliphatic carbocycles. The van der Waals surface area contributed by atoms with Gasteiger partial charge in [0.15, 0.2) is 18.3 Å². The van der Waals surface area contributed by atoms with Crippen molar-refractivity contribution in [3.63, 3.8) is 0 Å². The number of fused-ring (bicyclic) bond motifs is 2. The van der Waals surface area contributed by atoms with Crippen LogP contribution in [0.15, 0.2) is 21.2 Å². The molecule has 2 N–H and O–H groups in total. The van der Waals surface area contributed by atoms with Crippen molar-refractivity contribution in [2.45, 2.75) is 84.1 Å². The van der Waals surface area contributed by atoms with Gasteiger partial charge in [-0.3, -0.25) is 23.7 Å². The maximum Gasteiger partial charge on any atom is 0.407 e. The van der Waals surface area contributed by atoms with E-state index in [4.69, 9.17) is 61.6 Å². The summed E-state index contributed by atoms with van der Waals surface area (Å²) in [4.78, 5) is 86.5. The number of hydrogen-bond acceptors (Lipinski definition) is 20. The second-order valence-corrected chi connectivity index (χ2v) is 18.0. The van der Waals surface area contributed by atoms with Crippen molar-refractivity contribution in [2.75, 3.05) is 92.9 Å². The molecular formula is C47H61Br2N3O20. The first-order valence-electron chi connectivity index (χ1n) is 23.3. The first-order chi connectivity index (χ1) is 34.6. The van der Waals surface area contributed by atoms with Crippen LogP contribution in [0.5, 0.6) is 11.5 Å². The molecule has 1 unspecified atom stereocenters. The molecule has 1 saturated heterocycles. The molecule has 2 fully saturated rings. The van der Waals surface area contributed by atoms with Crippen molar-refractivity contribution in [1.29, 1.82) is 0 Å². The number of aromatic nitrogens is 1. The number of halogens is 2. The Balaban J connectivity index is 0.970. The van der Waals surface area contributed by atoms with E-state index in [-0.39, 0.29) is 64.3 Å². The standard InChI is InChI=1S/C47H61Br2N3O20/c1-27(53)52-25-36(71-45-43(70-30(4)56)41(69-29(3)55)40(68-28(2)54)42(72-45)44(57)60-5)37-35(52)24-34(48)39(38(37)49)65-22-20-63-18-19-64-21-23-66-46(58)50-12-14-61-16-17-62-15-13-51-47(59)67-26-33-31-10-8-6-7-9-11-32(31)33/h24-25,31-33,40-43,45H,8-23,26H2,1-5H3,(H,50,58)(H,51,59)/t31-,32+,33?,40-,41-,42-,43+,45+/m0/s1. The molecule has 1 saturated carbocycles. The van der Waals surface area contributed by atoms with Gasteiger partial charge in [-0.1, -0.05) is 0 Å². The Labute approximate surface area is 432 Å². The van der Waals surface area contributed by atoms with Crippen molar-refractivity contribution in [2.24, 2.45) is 17.8 Å². The molecule has 398 valence electrons. The topological polar surface area (TPSA) is 268 Å². The van der Waals surface area contributed by atoms with Crippen LogP contribution in [-0.2, 0) is 71.3 Å². The average molecular weight is 1150 g/mol. The van der Waals surface area contributed by atoms with Crippen LogP contribution in [-0.4, -0.2) is 170 Å². The van der Waals surface area contributed by atoms with Gasteiger partial charge < -0.3 is 72.2 Å². The third kappa shape index (κ3) is 17.5. The first kappa shape index (κ1) is 57.7. The van der Waals surface area contributed by atoms with Gasteiger partial charge in [0.25, 0.3) is 0 Å². The minimum absolute atomic E-state index is 0.00850. The van der Waals surface area contributed by atoms with Crippen LogP contribution in [0.1, 0.15) is 58.2 Å². The Bertz CT molecular complexity index is 2250. The fraction of sp³-hybridized carbons (Fsp3) is 0.638. The Morgan fingerprint density at radius 3 is 1.79 bits per heavy atom. The lowest BCUT2D eigenvalue weighted by molar-refractivity contribution is -0.282. The van der Waals surface area contributed by atoms with Crippen LogP contribution in [0.4, 0.5) is 9.59 Å². The third-order valence-electron chi connectivity index (χ3n) is 11.3. The van der Waals surface area contributed by atoms with Crippen molar-refractivity contribution in [1.82, 2.24) is 15.2 Å². The predicted molar refractivity (Wildman–Crippen MR) is 256 cm³/mol. The van der Waals surface area contributed by atoms with Gasteiger partial charge >= 0.3 is 36.1 Å². The molecule has 72 heavy (non-hydrogen) atoms. The molecule has 0 radical (unpaired) electrons. The number of nitrogens with one attached hydrogen (secondary N) is 2. The zero-order valence-corrected chi connectivity index (χ0v) is 43.8. The molecule has 2 amide bonds. The number of ether oxygens (including phenoxy) is 13. The lowest BCUT2D eigenvalue weighted by Gasteiger charge is -2.43. The number of benzene rings is 1. The second-order valence-electron chi connectivity index (χ2n) is 16.4. The van der Waals surface area contributed by atoms with Gasteiger partial charge in [-0.05, 0) is 68.5 Å². The minimum Gasteiger partial charge on any atom is -0.489 e. The summed E-state index contributed by atoms with van der Waals surface area (Å²) in [5.41, 5.74) is 0.342. The van der Waals surface area contributed by atoms with Gasteiger partial charge in [0, 0.05) is 53.6 Å². The summed E-state index contributed by atoms with van der Waals surface area (Å²) in [5.74, 6) is 4.28. The van der Waals surface area contributed by atoms with E-state index >= 15 is 0 Å². The number of esters is 4. The average Bonchev–Trinajstić information content (AvgIpc) is 3.82. The van der Waals surface area contributed by atoms with Crippen molar-refractivity contribution < 1.29 is 95.1 Å². The van der Waals surface area contributed by atoms with Crippen molar-refractivity contribution in [3.05, 3.63) is 21.2 Å². The highest BCUT2D eigenvalue weighted by Crippen LogP contribution is 2.52. The third-order valence-corrected chi connectivity index (χ3v) is 12.6. The number of carbonyl (C=O) groups is 7. The van der Waals surface area contributed by atoms with E-state index in [0.717, 1.165) is 53.6 Å². The highest BCUT2D eigenvalue weighted by atomic mass is 79.9. The summed E-state index contributed by atoms with van der Waals surface area (Å²) in [6.07, 6.45) is -3.96. The van der Waals surface area contributed by atoms with Crippen molar-refractivity contribution >= 4 is 84.7 Å². The molecule has 2 heterocycles. The molecule has 8 atom stereocenters. The van der Waals surface area contributed by atoms with Gasteiger partial charge in [0.2, 0.25) is 18.3 Å². The molecule has 0 bridgehead atoms. The fourth-order valence-electron chi connectivity index (χ4n) is 8.09. The van der Waals surface area contributed by atoms with Gasteiger partial charge in [-0.15, -0.1) is 11.8 Å². The Kier molecular flexibility index (Phi) is 23.6. The lowest BCUT2D eigenvalue weighted by atomic mass is 9.97. The molecule has 5 rings (SSSR count). The van der Waals surface area contributed by atoms with E-state index in [9.17, 15) is 33.6 Å². The summed E-state index contributed by atoms with van der Waals surface area (Å²) in [7, 11) is 1.06. The SMILES string of the molecule is COC(=O)[C@H]1O[C@@H](Oc2cn(C(C)=O)c3cc(Br)c(OCCOCCOCCOC(=O)NCCOCCOCCNC(=O)OCC4[C@H]5CCC#CCC[C@@H]45)c(Br)c23)[C@H](OC(C)=O)[C@@H](OC(C)=O)[C@@H]1OC(C)=O. The van der Waals surface area contributed by atoms with Crippen LogP contribution in [0.2, 0.25) is 0 Å². The summed E-state index contributed by atoms with van der Waals surface area (Å²) in [6, 6.07) is 1.61. The minimum atomic E-state index is -1.72. The highest BCUT2D eigenvalue weighted by Gasteiger charge is 2.56. The summed E-state index contributed by atoms with van der Waals surface area (Å²) < 4.78 is 73.9. The van der Waals surface area contributed by atoms with E-state index in [1.807, 2.05) is 0 Å². The number of alkyl carbamates (subject to hydrolysis) is 2. The van der Waals surface area contributed by atoms with E-state index in [1.165, 1.54) is 17.7 Å². The number of rotatable bonds is 27. The molecule has 0 spiro atoms. The fourth-order valence-corrected chi connectivity index (χ4v) is 9.62. The smallest absolute Gasteiger partial charge is 0.407 e. The van der Waals surface area contributed by atoms with Gasteiger partial charge in [-0.25, -0.2) is 14.4 Å². The molecular weight excluding hydrogens is 1090 g/mol. The monoisotopic (exact) mass is 1150 g/mol. The first-order valence-corrected chi connectivity index (χ1v) is 24.9. The molecule has 23 nitrogen and oxygen atoms in total. The predicted octanol–water partition coefficient (Wildman–Crippen LogP) is 4.24. The number of amides is 2. The highest BCUT2D eigenvalue weighted by molar-refractivity contribution is 9.11. The zero-order valence-electron chi connectivity index (χ0n) is 40.7. The lowest BCUT2D eigenvalue weighted by Crippen LogP contribution is -2.64. The summed E-state index contributed by atoms with van der Waals surface area (Å²) in [5, 5.41) is 5.57. The van der Waals surface area contributed by atoms with Crippen LogP contribution < -0.4 is 20.1 Å². The quantitative estimate of drug-likeness (QED) is 0.0548. The van der Waals surface area contributed by atoms with Crippen molar-refractivity contribution in [3.8, 4) is 23.3 Å². The van der Waals surface area contributed by atoms with E-state index in [1.54, 1.807) is 6.07 Å². The second kappa shape index (κ2) is 29.5. The molecule has 1 aromatic carbocycles.